The Bertz CT molecular complexity index is 127. The van der Waals surface area contributed by atoms with Gasteiger partial charge in [0.15, 0.2) is 0 Å². The minimum Gasteiger partial charge on any atom is -0.319 e. The van der Waals surface area contributed by atoms with E-state index in [1.54, 1.807) is 5.57 Å². The molecule has 0 rings (SSSR count). The van der Waals surface area contributed by atoms with E-state index < -0.39 is 0 Å². The zero-order valence-corrected chi connectivity index (χ0v) is 8.98. The van der Waals surface area contributed by atoms with Crippen LogP contribution in [0.2, 0.25) is 0 Å². The van der Waals surface area contributed by atoms with Crippen molar-refractivity contribution in [1.29, 1.82) is 0 Å². The molecule has 72 valence electrons. The van der Waals surface area contributed by atoms with Crippen molar-refractivity contribution in [1.82, 2.24) is 5.32 Å². The third kappa shape index (κ3) is 5.36. The van der Waals surface area contributed by atoms with E-state index in [9.17, 15) is 0 Å². The lowest BCUT2D eigenvalue weighted by molar-refractivity contribution is 0.530. The first-order chi connectivity index (χ1) is 5.74. The monoisotopic (exact) mass is 169 g/mol. The van der Waals surface area contributed by atoms with E-state index in [1.807, 2.05) is 7.05 Å². The summed E-state index contributed by atoms with van der Waals surface area (Å²) in [6, 6.07) is 0. The van der Waals surface area contributed by atoms with Gasteiger partial charge in [-0.2, -0.15) is 0 Å². The molecule has 0 saturated carbocycles. The van der Waals surface area contributed by atoms with Gasteiger partial charge < -0.3 is 5.32 Å². The van der Waals surface area contributed by atoms with Gasteiger partial charge in [-0.25, -0.2) is 0 Å². The van der Waals surface area contributed by atoms with Crippen LogP contribution in [0.1, 0.15) is 40.0 Å². The van der Waals surface area contributed by atoms with Gasteiger partial charge in [-0.05, 0) is 39.3 Å². The van der Waals surface area contributed by atoms with E-state index in [4.69, 9.17) is 0 Å². The topological polar surface area (TPSA) is 12.0 Å². The normalized spacial score (nSPS) is 14.8. The molecule has 0 aliphatic heterocycles. The number of rotatable bonds is 6. The Labute approximate surface area is 77.2 Å². The molecule has 1 N–H and O–H groups in total. The van der Waals surface area contributed by atoms with Gasteiger partial charge in [0.05, 0.1) is 0 Å². The molecule has 0 saturated heterocycles. The van der Waals surface area contributed by atoms with Crippen LogP contribution >= 0.6 is 0 Å². The maximum atomic E-state index is 3.21. The maximum absolute atomic E-state index is 3.21. The SMILES string of the molecule is CC=C(CCC)CC(C)CNC. The largest absolute Gasteiger partial charge is 0.319 e. The summed E-state index contributed by atoms with van der Waals surface area (Å²) in [7, 11) is 2.02. The Hall–Kier alpha value is -0.300. The highest BCUT2D eigenvalue weighted by atomic mass is 14.8. The summed E-state index contributed by atoms with van der Waals surface area (Å²) in [5, 5.41) is 3.21. The van der Waals surface area contributed by atoms with Crippen LogP contribution in [-0.4, -0.2) is 13.6 Å². The summed E-state index contributed by atoms with van der Waals surface area (Å²) in [4.78, 5) is 0. The molecule has 0 aromatic carbocycles. The molecule has 0 amide bonds. The van der Waals surface area contributed by atoms with Crippen molar-refractivity contribution in [2.45, 2.75) is 40.0 Å². The molecule has 0 aromatic heterocycles. The van der Waals surface area contributed by atoms with E-state index in [0.29, 0.717) is 0 Å². The quantitative estimate of drug-likeness (QED) is 0.603. The standard InChI is InChI=1S/C11H23N/c1-5-7-11(6-2)8-10(3)9-12-4/h6,10,12H,5,7-9H2,1-4H3. The molecule has 0 fully saturated rings. The molecule has 12 heavy (non-hydrogen) atoms. The Morgan fingerprint density at radius 3 is 2.58 bits per heavy atom. The van der Waals surface area contributed by atoms with Crippen molar-refractivity contribution in [3.8, 4) is 0 Å². The third-order valence-electron chi connectivity index (χ3n) is 2.14. The van der Waals surface area contributed by atoms with Crippen LogP contribution in [0.5, 0.6) is 0 Å². The molecule has 1 nitrogen and oxygen atoms in total. The van der Waals surface area contributed by atoms with Crippen molar-refractivity contribution in [2.75, 3.05) is 13.6 Å². The second-order valence-electron chi connectivity index (χ2n) is 3.56. The third-order valence-corrected chi connectivity index (χ3v) is 2.14. The van der Waals surface area contributed by atoms with Crippen LogP contribution in [0.4, 0.5) is 0 Å². The van der Waals surface area contributed by atoms with Gasteiger partial charge in [0.25, 0.3) is 0 Å². The average molecular weight is 169 g/mol. The minimum atomic E-state index is 0.771. The van der Waals surface area contributed by atoms with Crippen LogP contribution < -0.4 is 5.32 Å². The number of hydrogen-bond donors (Lipinski definition) is 1. The predicted molar refractivity (Wildman–Crippen MR) is 56.4 cm³/mol. The Kier molecular flexibility index (Phi) is 7.17. The predicted octanol–water partition coefficient (Wildman–Crippen LogP) is 2.98. The zero-order chi connectivity index (χ0) is 9.40. The number of hydrogen-bond acceptors (Lipinski definition) is 1. The highest BCUT2D eigenvalue weighted by Crippen LogP contribution is 2.15. The van der Waals surface area contributed by atoms with Gasteiger partial charge in [0.2, 0.25) is 0 Å². The smallest absolute Gasteiger partial charge is 0.00231 e. The van der Waals surface area contributed by atoms with Gasteiger partial charge in [0.1, 0.15) is 0 Å². The highest BCUT2D eigenvalue weighted by Gasteiger charge is 2.03. The second-order valence-corrected chi connectivity index (χ2v) is 3.56. The summed E-state index contributed by atoms with van der Waals surface area (Å²) < 4.78 is 0. The lowest BCUT2D eigenvalue weighted by atomic mass is 9.98. The molecule has 0 aromatic rings. The van der Waals surface area contributed by atoms with Crippen molar-refractivity contribution in [3.05, 3.63) is 11.6 Å². The van der Waals surface area contributed by atoms with E-state index in [-0.39, 0.29) is 0 Å². The summed E-state index contributed by atoms with van der Waals surface area (Å²) in [6.07, 6.45) is 6.07. The molecule has 1 heteroatoms. The second kappa shape index (κ2) is 7.35. The van der Waals surface area contributed by atoms with E-state index in [1.165, 1.54) is 19.3 Å². The molecular formula is C11H23N. The van der Waals surface area contributed by atoms with Crippen LogP contribution in [0.25, 0.3) is 0 Å². The average Bonchev–Trinajstić information content (AvgIpc) is 2.04. The first-order valence-corrected chi connectivity index (χ1v) is 5.03. The maximum Gasteiger partial charge on any atom is -0.00231 e. The molecule has 1 atom stereocenters. The minimum absolute atomic E-state index is 0.771. The lowest BCUT2D eigenvalue weighted by Crippen LogP contribution is -2.16. The fourth-order valence-electron chi connectivity index (χ4n) is 1.55. The summed E-state index contributed by atoms with van der Waals surface area (Å²) >= 11 is 0. The summed E-state index contributed by atoms with van der Waals surface area (Å²) in [5.41, 5.74) is 1.61. The van der Waals surface area contributed by atoms with Gasteiger partial charge in [-0.3, -0.25) is 0 Å². The zero-order valence-electron chi connectivity index (χ0n) is 8.98. The molecule has 0 aliphatic carbocycles. The molecule has 0 heterocycles. The lowest BCUT2D eigenvalue weighted by Gasteiger charge is -2.12. The van der Waals surface area contributed by atoms with Crippen LogP contribution in [0.3, 0.4) is 0 Å². The van der Waals surface area contributed by atoms with Crippen molar-refractivity contribution >= 4 is 0 Å². The first kappa shape index (κ1) is 11.7. The fourth-order valence-corrected chi connectivity index (χ4v) is 1.55. The highest BCUT2D eigenvalue weighted by molar-refractivity contribution is 5.00. The fraction of sp³-hybridized carbons (Fsp3) is 0.818. The molecule has 0 aliphatic rings. The Balaban J connectivity index is 3.70. The Morgan fingerprint density at radius 1 is 1.50 bits per heavy atom. The first-order valence-electron chi connectivity index (χ1n) is 5.03. The molecule has 1 unspecified atom stereocenters. The molecule has 0 radical (unpaired) electrons. The summed E-state index contributed by atoms with van der Waals surface area (Å²) in [5.74, 6) is 0.771. The van der Waals surface area contributed by atoms with E-state index in [2.05, 4.69) is 32.2 Å². The molecular weight excluding hydrogens is 146 g/mol. The van der Waals surface area contributed by atoms with Gasteiger partial charge in [-0.15, -0.1) is 0 Å². The van der Waals surface area contributed by atoms with E-state index >= 15 is 0 Å². The van der Waals surface area contributed by atoms with Crippen molar-refractivity contribution < 1.29 is 0 Å². The van der Waals surface area contributed by atoms with Gasteiger partial charge in [-0.1, -0.05) is 31.9 Å². The van der Waals surface area contributed by atoms with Crippen molar-refractivity contribution in [2.24, 2.45) is 5.92 Å². The van der Waals surface area contributed by atoms with E-state index in [0.717, 1.165) is 12.5 Å². The summed E-state index contributed by atoms with van der Waals surface area (Å²) in [6.45, 7) is 7.82. The van der Waals surface area contributed by atoms with Crippen LogP contribution in [0.15, 0.2) is 11.6 Å². The van der Waals surface area contributed by atoms with Gasteiger partial charge in [0, 0.05) is 0 Å². The molecule has 0 bridgehead atoms. The molecule has 0 spiro atoms. The van der Waals surface area contributed by atoms with Crippen LogP contribution in [0, 0.1) is 5.92 Å². The number of allylic oxidation sites excluding steroid dienone is 2. The van der Waals surface area contributed by atoms with Crippen LogP contribution in [-0.2, 0) is 0 Å². The van der Waals surface area contributed by atoms with Gasteiger partial charge >= 0.3 is 0 Å². The Morgan fingerprint density at radius 2 is 2.17 bits per heavy atom. The number of nitrogens with one attached hydrogen (secondary N) is 1. The van der Waals surface area contributed by atoms with Crippen molar-refractivity contribution in [3.63, 3.8) is 0 Å².